The molecule has 0 spiro atoms. The first-order valence-corrected chi connectivity index (χ1v) is 10.8. The van der Waals surface area contributed by atoms with Gasteiger partial charge in [-0.3, -0.25) is 10.1 Å². The molecule has 0 radical (unpaired) electrons. The lowest BCUT2D eigenvalue weighted by atomic mass is 10.2. The molecule has 2 heterocycles. The zero-order chi connectivity index (χ0) is 22.7. The third-order valence-corrected chi connectivity index (χ3v) is 5.36. The summed E-state index contributed by atoms with van der Waals surface area (Å²) in [5, 5.41) is 15.1. The molecule has 0 unspecified atom stereocenters. The fraction of sp³-hybridized carbons (Fsp3) is 0.217. The lowest BCUT2D eigenvalue weighted by molar-refractivity contribution is 0.0950. The molecule has 0 aliphatic heterocycles. The maximum Gasteiger partial charge on any atom is 0.293 e. The van der Waals surface area contributed by atoms with Crippen molar-refractivity contribution in [3.63, 3.8) is 0 Å². The van der Waals surface area contributed by atoms with Crippen LogP contribution in [0.3, 0.4) is 0 Å². The Bertz CT molecular complexity index is 1240. The summed E-state index contributed by atoms with van der Waals surface area (Å²) in [6, 6.07) is 15.2. The Hall–Kier alpha value is -3.72. The number of nitrogens with zero attached hydrogens (tertiary/aromatic N) is 4. The molecule has 0 saturated heterocycles. The number of carbonyl (C=O) groups is 1. The van der Waals surface area contributed by atoms with Crippen molar-refractivity contribution in [2.75, 3.05) is 23.3 Å². The molecule has 32 heavy (non-hydrogen) atoms. The number of rotatable bonds is 6. The average Bonchev–Trinajstić information content (AvgIpc) is 3.45. The third kappa shape index (κ3) is 4.47. The number of aromatic nitrogens is 3. The number of carbonyl (C=O) groups excluding carboxylic acids is 1. The second-order valence-electron chi connectivity index (χ2n) is 7.22. The van der Waals surface area contributed by atoms with E-state index < -0.39 is 5.91 Å². The molecule has 4 aromatic rings. The summed E-state index contributed by atoms with van der Waals surface area (Å²) in [4.78, 5) is 16.0. The Kier molecular flexibility index (Phi) is 6.18. The van der Waals surface area contributed by atoms with Crippen LogP contribution < -0.4 is 15.5 Å². The first-order valence-electron chi connectivity index (χ1n) is 10.4. The molecule has 2 N–H and O–H groups in total. The van der Waals surface area contributed by atoms with Crippen LogP contribution >= 0.6 is 12.2 Å². The molecule has 0 aliphatic carbocycles. The molecule has 9 heteroatoms. The summed E-state index contributed by atoms with van der Waals surface area (Å²) in [6.45, 7) is 8.14. The summed E-state index contributed by atoms with van der Waals surface area (Å²) in [5.74, 6) is -0.221. The van der Waals surface area contributed by atoms with Crippen molar-refractivity contribution in [2.45, 2.75) is 20.8 Å². The number of thiocarbonyl (C=S) groups is 1. The Morgan fingerprint density at radius 2 is 1.78 bits per heavy atom. The van der Waals surface area contributed by atoms with Gasteiger partial charge in [0.25, 0.3) is 5.91 Å². The summed E-state index contributed by atoms with van der Waals surface area (Å²) >= 11 is 5.27. The van der Waals surface area contributed by atoms with Gasteiger partial charge in [-0.1, -0.05) is 0 Å². The van der Waals surface area contributed by atoms with Crippen LogP contribution in [0.15, 0.2) is 59.2 Å². The molecule has 1 amide bonds. The maximum absolute atomic E-state index is 12.1. The van der Waals surface area contributed by atoms with Gasteiger partial charge in [0.2, 0.25) is 0 Å². The standard InChI is InChI=1S/C23H24N6O2S/c1-4-28(5-2)16-8-10-17(11-9-16)29-26-19-13-15(3)18(14-20(19)27-29)24-23(32)25-22(30)21-7-6-12-31-21/h6-14H,4-5H2,1-3H3,(H2,24,25,30,32). The molecule has 2 aromatic carbocycles. The van der Waals surface area contributed by atoms with E-state index >= 15 is 0 Å². The predicted molar refractivity (Wildman–Crippen MR) is 130 cm³/mol. The minimum Gasteiger partial charge on any atom is -0.459 e. The van der Waals surface area contributed by atoms with E-state index in [0.717, 1.165) is 35.5 Å². The Morgan fingerprint density at radius 3 is 2.41 bits per heavy atom. The Labute approximate surface area is 191 Å². The van der Waals surface area contributed by atoms with Crippen LogP contribution in [0.25, 0.3) is 16.7 Å². The predicted octanol–water partition coefficient (Wildman–Crippen LogP) is 4.29. The first kappa shape index (κ1) is 21.5. The van der Waals surface area contributed by atoms with Crippen LogP contribution in [0, 0.1) is 6.92 Å². The number of hydrogen-bond acceptors (Lipinski definition) is 6. The number of furan rings is 1. The van der Waals surface area contributed by atoms with Gasteiger partial charge in [-0.2, -0.15) is 4.80 Å². The van der Waals surface area contributed by atoms with Crippen molar-refractivity contribution in [1.29, 1.82) is 0 Å². The number of amides is 1. The number of benzene rings is 2. The van der Waals surface area contributed by atoms with Gasteiger partial charge >= 0.3 is 0 Å². The molecule has 0 bridgehead atoms. The minimum absolute atomic E-state index is 0.174. The summed E-state index contributed by atoms with van der Waals surface area (Å²) in [6.07, 6.45) is 1.43. The minimum atomic E-state index is -0.412. The van der Waals surface area contributed by atoms with E-state index in [0.29, 0.717) is 5.52 Å². The highest BCUT2D eigenvalue weighted by atomic mass is 32.1. The van der Waals surface area contributed by atoms with Crippen molar-refractivity contribution in [1.82, 2.24) is 20.3 Å². The van der Waals surface area contributed by atoms with Gasteiger partial charge in [-0.25, -0.2) is 0 Å². The Morgan fingerprint density at radius 1 is 1.09 bits per heavy atom. The van der Waals surface area contributed by atoms with Crippen LogP contribution in [0.4, 0.5) is 11.4 Å². The smallest absolute Gasteiger partial charge is 0.293 e. The molecule has 0 saturated carbocycles. The number of hydrogen-bond donors (Lipinski definition) is 2. The molecule has 164 valence electrons. The first-order chi connectivity index (χ1) is 15.5. The molecule has 4 rings (SSSR count). The van der Waals surface area contributed by atoms with Crippen LogP contribution in [0.1, 0.15) is 30.0 Å². The van der Waals surface area contributed by atoms with Gasteiger partial charge in [0.1, 0.15) is 11.0 Å². The van der Waals surface area contributed by atoms with Crippen LogP contribution in [0.5, 0.6) is 0 Å². The largest absolute Gasteiger partial charge is 0.459 e. The van der Waals surface area contributed by atoms with Crippen molar-refractivity contribution in [2.24, 2.45) is 0 Å². The molecular formula is C23H24N6O2S. The van der Waals surface area contributed by atoms with E-state index in [1.807, 2.05) is 31.2 Å². The van der Waals surface area contributed by atoms with Crippen LogP contribution in [-0.4, -0.2) is 39.1 Å². The van der Waals surface area contributed by atoms with Gasteiger partial charge in [-0.15, -0.1) is 10.2 Å². The molecule has 0 atom stereocenters. The monoisotopic (exact) mass is 448 g/mol. The van der Waals surface area contributed by atoms with Gasteiger partial charge in [0, 0.05) is 24.5 Å². The van der Waals surface area contributed by atoms with E-state index in [1.165, 1.54) is 12.0 Å². The zero-order valence-electron chi connectivity index (χ0n) is 18.1. The highest BCUT2D eigenvalue weighted by Gasteiger charge is 2.13. The van der Waals surface area contributed by atoms with Crippen LogP contribution in [0.2, 0.25) is 0 Å². The van der Waals surface area contributed by atoms with Gasteiger partial charge < -0.3 is 14.6 Å². The quantitative estimate of drug-likeness (QED) is 0.425. The molecule has 8 nitrogen and oxygen atoms in total. The average molecular weight is 449 g/mol. The third-order valence-electron chi connectivity index (χ3n) is 5.16. The maximum atomic E-state index is 12.1. The van der Waals surface area contributed by atoms with Crippen molar-refractivity contribution >= 4 is 45.6 Å². The fourth-order valence-corrected chi connectivity index (χ4v) is 3.63. The van der Waals surface area contributed by atoms with Crippen molar-refractivity contribution < 1.29 is 9.21 Å². The summed E-state index contributed by atoms with van der Waals surface area (Å²) < 4.78 is 5.08. The molecule has 0 aliphatic rings. The second kappa shape index (κ2) is 9.19. The molecule has 0 fully saturated rings. The van der Waals surface area contributed by atoms with E-state index in [-0.39, 0.29) is 10.9 Å². The summed E-state index contributed by atoms with van der Waals surface area (Å²) in [7, 11) is 0. The van der Waals surface area contributed by atoms with E-state index in [2.05, 4.69) is 51.7 Å². The zero-order valence-corrected chi connectivity index (χ0v) is 18.9. The van der Waals surface area contributed by atoms with Crippen LogP contribution in [-0.2, 0) is 0 Å². The lowest BCUT2D eigenvalue weighted by Gasteiger charge is -2.20. The number of anilines is 2. The Balaban J connectivity index is 1.53. The second-order valence-corrected chi connectivity index (χ2v) is 7.63. The lowest BCUT2D eigenvalue weighted by Crippen LogP contribution is -2.34. The molecular weight excluding hydrogens is 424 g/mol. The highest BCUT2D eigenvalue weighted by molar-refractivity contribution is 7.80. The van der Waals surface area contributed by atoms with Crippen molar-refractivity contribution in [3.8, 4) is 5.69 Å². The fourth-order valence-electron chi connectivity index (χ4n) is 3.43. The SMILES string of the molecule is CCN(CC)c1ccc(-n2nc3cc(C)c(NC(=S)NC(=O)c4ccco4)cc3n2)cc1. The van der Waals surface area contributed by atoms with Crippen molar-refractivity contribution in [3.05, 3.63) is 66.1 Å². The van der Waals surface area contributed by atoms with Gasteiger partial charge in [0.15, 0.2) is 10.9 Å². The normalized spacial score (nSPS) is 10.8. The molecule has 2 aromatic heterocycles. The number of aryl methyl sites for hydroxylation is 1. The van der Waals surface area contributed by atoms with E-state index in [4.69, 9.17) is 16.6 Å². The topological polar surface area (TPSA) is 88.2 Å². The van der Waals surface area contributed by atoms with E-state index in [9.17, 15) is 4.79 Å². The van der Waals surface area contributed by atoms with Gasteiger partial charge in [-0.05, 0) is 87.1 Å². The number of fused-ring (bicyclic) bond motifs is 1. The number of nitrogens with one attached hydrogen (secondary N) is 2. The van der Waals surface area contributed by atoms with Gasteiger partial charge in [0.05, 0.1) is 12.0 Å². The highest BCUT2D eigenvalue weighted by Crippen LogP contribution is 2.23. The van der Waals surface area contributed by atoms with E-state index in [1.54, 1.807) is 16.9 Å². The summed E-state index contributed by atoms with van der Waals surface area (Å²) in [5.41, 5.74) is 5.20.